The molecule has 0 bridgehead atoms. The summed E-state index contributed by atoms with van der Waals surface area (Å²) in [5.74, 6) is 2.25. The number of hydrogen-bond acceptors (Lipinski definition) is 5. The third kappa shape index (κ3) is 5.86. The first-order valence-corrected chi connectivity index (χ1v) is 11.2. The maximum atomic E-state index is 13.3. The van der Waals surface area contributed by atoms with E-state index in [0.29, 0.717) is 29.7 Å². The van der Waals surface area contributed by atoms with E-state index in [0.717, 1.165) is 50.3 Å². The molecule has 4 atom stereocenters. The number of carbonyl (C=O) groups is 1. The molecule has 1 saturated carbocycles. The lowest BCUT2D eigenvalue weighted by Crippen LogP contribution is -2.49. The second kappa shape index (κ2) is 12.1. The van der Waals surface area contributed by atoms with Crippen LogP contribution in [-0.4, -0.2) is 54.2 Å². The van der Waals surface area contributed by atoms with Crippen LogP contribution in [0.25, 0.3) is 11.3 Å². The number of rotatable bonds is 7. The van der Waals surface area contributed by atoms with Crippen molar-refractivity contribution in [2.24, 2.45) is 11.8 Å². The molecule has 178 valence electrons. The van der Waals surface area contributed by atoms with Crippen LogP contribution in [-0.2, 0) is 6.54 Å². The molecule has 1 aromatic heterocycles. The van der Waals surface area contributed by atoms with E-state index in [-0.39, 0.29) is 36.8 Å². The zero-order chi connectivity index (χ0) is 21.1. The van der Waals surface area contributed by atoms with Gasteiger partial charge in [-0.25, -0.2) is 0 Å². The summed E-state index contributed by atoms with van der Waals surface area (Å²) in [5.41, 5.74) is 1.43. The minimum Gasteiger partial charge on any atom is -0.459 e. The van der Waals surface area contributed by atoms with E-state index in [1.54, 1.807) is 0 Å². The number of aliphatic hydroxyl groups is 1. The molecule has 0 unspecified atom stereocenters. The van der Waals surface area contributed by atoms with E-state index in [1.807, 2.05) is 36.4 Å². The number of benzene rings is 1. The Morgan fingerprint density at radius 2 is 1.78 bits per heavy atom. The summed E-state index contributed by atoms with van der Waals surface area (Å²) in [6.45, 7) is 8.69. The van der Waals surface area contributed by atoms with E-state index >= 15 is 0 Å². The fourth-order valence-corrected chi connectivity index (χ4v) is 4.86. The van der Waals surface area contributed by atoms with E-state index < -0.39 is 6.10 Å². The highest BCUT2D eigenvalue weighted by atomic mass is 35.5. The summed E-state index contributed by atoms with van der Waals surface area (Å²) in [6.07, 6.45) is 1.06. The average molecular weight is 484 g/mol. The van der Waals surface area contributed by atoms with Gasteiger partial charge in [0.2, 0.25) is 0 Å². The van der Waals surface area contributed by atoms with Gasteiger partial charge in [-0.05, 0) is 56.9 Å². The second-order valence-electron chi connectivity index (χ2n) is 8.58. The average Bonchev–Trinajstić information content (AvgIpc) is 3.39. The normalized spacial score (nSPS) is 24.4. The van der Waals surface area contributed by atoms with Crippen LogP contribution >= 0.6 is 24.8 Å². The lowest BCUT2D eigenvalue weighted by molar-refractivity contribution is 0.0462. The Morgan fingerprint density at radius 3 is 2.44 bits per heavy atom. The Bertz CT molecular complexity index is 857. The maximum Gasteiger partial charge on any atom is 0.255 e. The van der Waals surface area contributed by atoms with Gasteiger partial charge in [-0.3, -0.25) is 9.69 Å². The molecular weight excluding hydrogens is 449 g/mol. The predicted octanol–water partition coefficient (Wildman–Crippen LogP) is 3.72. The van der Waals surface area contributed by atoms with Crippen molar-refractivity contribution in [3.05, 3.63) is 47.7 Å². The predicted molar refractivity (Wildman–Crippen MR) is 132 cm³/mol. The first-order valence-electron chi connectivity index (χ1n) is 11.2. The molecule has 1 aliphatic carbocycles. The molecule has 0 spiro atoms. The van der Waals surface area contributed by atoms with Gasteiger partial charge in [-0.1, -0.05) is 44.2 Å². The van der Waals surface area contributed by atoms with Crippen LogP contribution in [0.1, 0.15) is 42.8 Å². The number of nitrogens with one attached hydrogen (secondary N) is 2. The Balaban J connectivity index is 0.00000181. The van der Waals surface area contributed by atoms with Gasteiger partial charge in [-0.2, -0.15) is 0 Å². The van der Waals surface area contributed by atoms with Gasteiger partial charge in [0.15, 0.2) is 0 Å². The Hall–Kier alpha value is -1.57. The number of aliphatic hydroxyl groups excluding tert-OH is 1. The molecule has 2 aromatic rings. The largest absolute Gasteiger partial charge is 0.459 e. The maximum absolute atomic E-state index is 13.3. The van der Waals surface area contributed by atoms with Crippen molar-refractivity contribution < 1.29 is 14.3 Å². The summed E-state index contributed by atoms with van der Waals surface area (Å²) >= 11 is 0. The van der Waals surface area contributed by atoms with Crippen LogP contribution in [0.2, 0.25) is 0 Å². The zero-order valence-electron chi connectivity index (χ0n) is 18.8. The summed E-state index contributed by atoms with van der Waals surface area (Å²) in [6, 6.07) is 11.4. The second-order valence-corrected chi connectivity index (χ2v) is 8.58. The van der Waals surface area contributed by atoms with Gasteiger partial charge < -0.3 is 20.2 Å². The van der Waals surface area contributed by atoms with E-state index in [9.17, 15) is 9.90 Å². The topological polar surface area (TPSA) is 77.7 Å². The van der Waals surface area contributed by atoms with Crippen LogP contribution in [0.5, 0.6) is 0 Å². The zero-order valence-corrected chi connectivity index (χ0v) is 20.4. The Morgan fingerprint density at radius 1 is 1.12 bits per heavy atom. The summed E-state index contributed by atoms with van der Waals surface area (Å²) in [4.78, 5) is 15.5. The number of hydrogen-bond donors (Lipinski definition) is 3. The van der Waals surface area contributed by atoms with Crippen molar-refractivity contribution >= 4 is 30.7 Å². The highest BCUT2D eigenvalue weighted by molar-refractivity contribution is 6.00. The van der Waals surface area contributed by atoms with Crippen molar-refractivity contribution in [2.45, 2.75) is 45.4 Å². The van der Waals surface area contributed by atoms with E-state index in [2.05, 4.69) is 29.4 Å². The summed E-state index contributed by atoms with van der Waals surface area (Å²) in [5, 5.41) is 17.1. The van der Waals surface area contributed by atoms with Crippen molar-refractivity contribution in [2.75, 3.05) is 26.2 Å². The van der Waals surface area contributed by atoms with E-state index in [4.69, 9.17) is 4.42 Å². The monoisotopic (exact) mass is 483 g/mol. The first kappa shape index (κ1) is 26.7. The number of amides is 1. The molecule has 6 nitrogen and oxygen atoms in total. The number of furan rings is 1. The highest BCUT2D eigenvalue weighted by Gasteiger charge is 2.39. The van der Waals surface area contributed by atoms with Gasteiger partial charge in [0.05, 0.1) is 24.3 Å². The molecule has 1 amide bonds. The molecule has 4 rings (SSSR count). The minimum atomic E-state index is -0.502. The molecule has 2 heterocycles. The quantitative estimate of drug-likeness (QED) is 0.559. The summed E-state index contributed by atoms with van der Waals surface area (Å²) in [7, 11) is 0. The number of nitrogens with zero attached hydrogens (tertiary/aromatic N) is 1. The number of fused-ring (bicyclic) bond motifs is 1. The Kier molecular flexibility index (Phi) is 10.0. The summed E-state index contributed by atoms with van der Waals surface area (Å²) < 4.78 is 6.17. The molecule has 0 radical (unpaired) electrons. The first-order chi connectivity index (χ1) is 14.6. The Labute approximate surface area is 203 Å². The van der Waals surface area contributed by atoms with Crippen LogP contribution in [0, 0.1) is 11.8 Å². The van der Waals surface area contributed by atoms with Gasteiger partial charge in [0.25, 0.3) is 5.91 Å². The number of halogens is 2. The SMILES string of the molecule is CCN(CC)Cc1cc(C(=O)N[C@H]2C[C@H]3CNC[C@H]3C[C@@H]2O)c(-c2ccccc2)o1.Cl.Cl. The van der Waals surface area contributed by atoms with Gasteiger partial charge in [0.1, 0.15) is 11.5 Å². The van der Waals surface area contributed by atoms with Crippen molar-refractivity contribution in [3.63, 3.8) is 0 Å². The van der Waals surface area contributed by atoms with Gasteiger partial charge in [0, 0.05) is 5.56 Å². The standard InChI is InChI=1S/C24H33N3O3.2ClH/c1-3-27(4-2)15-19-12-20(23(30-19)16-8-6-5-7-9-16)24(29)26-21-10-17-13-25-14-18(17)11-22(21)28;;/h5-9,12,17-18,21-22,25,28H,3-4,10-11,13-15H2,1-2H3,(H,26,29);2*1H/t17-,18+,21-,22-;;/m0../s1. The van der Waals surface area contributed by atoms with Crippen LogP contribution < -0.4 is 10.6 Å². The fraction of sp³-hybridized carbons (Fsp3) is 0.542. The smallest absolute Gasteiger partial charge is 0.255 e. The van der Waals surface area contributed by atoms with Crippen LogP contribution in [0.15, 0.2) is 40.8 Å². The molecule has 32 heavy (non-hydrogen) atoms. The molecule has 8 heteroatoms. The number of carbonyl (C=O) groups excluding carboxylic acids is 1. The molecule has 1 aliphatic heterocycles. The van der Waals surface area contributed by atoms with Crippen molar-refractivity contribution in [3.8, 4) is 11.3 Å². The molecule has 2 fully saturated rings. The molecule has 1 aromatic carbocycles. The minimum absolute atomic E-state index is 0. The lowest BCUT2D eigenvalue weighted by Gasteiger charge is -2.35. The van der Waals surface area contributed by atoms with Gasteiger partial charge in [-0.15, -0.1) is 24.8 Å². The molecule has 2 aliphatic rings. The third-order valence-electron chi connectivity index (χ3n) is 6.70. The molecular formula is C24H35Cl2N3O3. The lowest BCUT2D eigenvalue weighted by atomic mass is 9.77. The van der Waals surface area contributed by atoms with Crippen LogP contribution in [0.3, 0.4) is 0 Å². The van der Waals surface area contributed by atoms with E-state index in [1.165, 1.54) is 0 Å². The fourth-order valence-electron chi connectivity index (χ4n) is 4.86. The third-order valence-corrected chi connectivity index (χ3v) is 6.70. The van der Waals surface area contributed by atoms with Gasteiger partial charge >= 0.3 is 0 Å². The van der Waals surface area contributed by atoms with Crippen LogP contribution in [0.4, 0.5) is 0 Å². The van der Waals surface area contributed by atoms with Crippen molar-refractivity contribution in [1.82, 2.24) is 15.5 Å². The molecule has 3 N–H and O–H groups in total. The molecule has 1 saturated heterocycles. The highest BCUT2D eigenvalue weighted by Crippen LogP contribution is 2.34. The van der Waals surface area contributed by atoms with Crippen molar-refractivity contribution in [1.29, 1.82) is 0 Å².